The fourth-order valence-electron chi connectivity index (χ4n) is 3.81. The van der Waals surface area contributed by atoms with E-state index in [9.17, 15) is 0 Å². The molecule has 2 fully saturated rings. The van der Waals surface area contributed by atoms with Crippen LogP contribution >= 0.6 is 0 Å². The van der Waals surface area contributed by atoms with Gasteiger partial charge in [-0.2, -0.15) is 0 Å². The summed E-state index contributed by atoms with van der Waals surface area (Å²) in [6.07, 6.45) is 9.95. The van der Waals surface area contributed by atoms with E-state index in [4.69, 9.17) is 5.73 Å². The quantitative estimate of drug-likeness (QED) is 0.798. The molecule has 2 aliphatic rings. The van der Waals surface area contributed by atoms with Gasteiger partial charge in [-0.1, -0.05) is 26.2 Å². The lowest BCUT2D eigenvalue weighted by Crippen LogP contribution is -2.48. The zero-order valence-electron chi connectivity index (χ0n) is 10.9. The summed E-state index contributed by atoms with van der Waals surface area (Å²) in [5.41, 5.74) is 6.64. The van der Waals surface area contributed by atoms with Crippen molar-refractivity contribution in [1.82, 2.24) is 4.90 Å². The fraction of sp³-hybridized carbons (Fsp3) is 1.00. The van der Waals surface area contributed by atoms with E-state index in [0.717, 1.165) is 12.5 Å². The Labute approximate surface area is 101 Å². The van der Waals surface area contributed by atoms with Gasteiger partial charge in [-0.3, -0.25) is 0 Å². The van der Waals surface area contributed by atoms with Gasteiger partial charge >= 0.3 is 0 Å². The molecular formula is C14H28N2. The van der Waals surface area contributed by atoms with Crippen molar-refractivity contribution in [2.75, 3.05) is 26.2 Å². The molecular weight excluding hydrogens is 196 g/mol. The topological polar surface area (TPSA) is 29.3 Å². The summed E-state index contributed by atoms with van der Waals surface area (Å²) < 4.78 is 0. The Morgan fingerprint density at radius 1 is 1.12 bits per heavy atom. The lowest BCUT2D eigenvalue weighted by molar-refractivity contribution is 0.0385. The second-order valence-corrected chi connectivity index (χ2v) is 5.84. The minimum absolute atomic E-state index is 0.506. The summed E-state index contributed by atoms with van der Waals surface area (Å²) in [4.78, 5) is 2.58. The highest BCUT2D eigenvalue weighted by atomic mass is 15.1. The normalized spacial score (nSPS) is 28.1. The van der Waals surface area contributed by atoms with E-state index in [-0.39, 0.29) is 0 Å². The molecule has 2 rings (SSSR count). The number of piperidine rings is 1. The molecule has 16 heavy (non-hydrogen) atoms. The van der Waals surface area contributed by atoms with Crippen LogP contribution in [0.4, 0.5) is 0 Å². The van der Waals surface area contributed by atoms with Crippen LogP contribution in [0.1, 0.15) is 51.9 Å². The zero-order valence-corrected chi connectivity index (χ0v) is 10.9. The molecule has 94 valence electrons. The van der Waals surface area contributed by atoms with Gasteiger partial charge in [0.05, 0.1) is 0 Å². The van der Waals surface area contributed by atoms with Crippen molar-refractivity contribution in [3.05, 3.63) is 0 Å². The molecule has 0 atom stereocenters. The van der Waals surface area contributed by atoms with Crippen LogP contribution in [0.2, 0.25) is 0 Å². The van der Waals surface area contributed by atoms with Crippen LogP contribution in [0.15, 0.2) is 0 Å². The van der Waals surface area contributed by atoms with Gasteiger partial charge in [-0.25, -0.2) is 0 Å². The van der Waals surface area contributed by atoms with Crippen LogP contribution in [-0.4, -0.2) is 31.1 Å². The summed E-state index contributed by atoms with van der Waals surface area (Å²) >= 11 is 0. The molecule has 1 aliphatic heterocycles. The second kappa shape index (κ2) is 5.50. The SMILES string of the molecule is CCN1CCC(CN)(C2CCCCC2)CC1. The van der Waals surface area contributed by atoms with Crippen molar-refractivity contribution in [3.63, 3.8) is 0 Å². The summed E-state index contributed by atoms with van der Waals surface area (Å²) in [6, 6.07) is 0. The molecule has 0 spiro atoms. The molecule has 0 unspecified atom stereocenters. The van der Waals surface area contributed by atoms with Crippen molar-refractivity contribution >= 4 is 0 Å². The molecule has 0 radical (unpaired) electrons. The Balaban J connectivity index is 1.96. The van der Waals surface area contributed by atoms with Crippen molar-refractivity contribution in [2.45, 2.75) is 51.9 Å². The van der Waals surface area contributed by atoms with Crippen LogP contribution in [0.25, 0.3) is 0 Å². The maximum Gasteiger partial charge on any atom is -0.00130 e. The Bertz CT molecular complexity index is 201. The Hall–Kier alpha value is -0.0800. The first-order valence-electron chi connectivity index (χ1n) is 7.23. The van der Waals surface area contributed by atoms with Crippen LogP contribution in [0, 0.1) is 11.3 Å². The highest BCUT2D eigenvalue weighted by Gasteiger charge is 2.40. The standard InChI is InChI=1S/C14H28N2/c1-2-16-10-8-14(12-15,9-11-16)13-6-4-3-5-7-13/h13H,2-12,15H2,1H3. The molecule has 1 aliphatic carbocycles. The molecule has 0 bridgehead atoms. The summed E-state index contributed by atoms with van der Waals surface area (Å²) in [6.45, 7) is 6.98. The number of likely N-dealkylation sites (tertiary alicyclic amines) is 1. The molecule has 1 saturated heterocycles. The highest BCUT2D eigenvalue weighted by Crippen LogP contribution is 2.44. The van der Waals surface area contributed by atoms with Crippen molar-refractivity contribution in [2.24, 2.45) is 17.1 Å². The first kappa shape index (κ1) is 12.4. The average Bonchev–Trinajstić information content (AvgIpc) is 2.40. The molecule has 1 heterocycles. The van der Waals surface area contributed by atoms with Gasteiger partial charge in [0.15, 0.2) is 0 Å². The maximum atomic E-state index is 6.14. The number of hydrogen-bond donors (Lipinski definition) is 1. The number of nitrogens with two attached hydrogens (primary N) is 1. The third kappa shape index (κ3) is 2.43. The van der Waals surface area contributed by atoms with Crippen molar-refractivity contribution in [1.29, 1.82) is 0 Å². The van der Waals surface area contributed by atoms with E-state index < -0.39 is 0 Å². The summed E-state index contributed by atoms with van der Waals surface area (Å²) in [5, 5.41) is 0. The lowest BCUT2D eigenvalue weighted by atomic mass is 9.64. The zero-order chi connectivity index (χ0) is 11.4. The van der Waals surface area contributed by atoms with Gasteiger partial charge < -0.3 is 10.6 Å². The monoisotopic (exact) mass is 224 g/mol. The molecule has 1 saturated carbocycles. The molecule has 2 nitrogen and oxygen atoms in total. The van der Waals surface area contributed by atoms with Crippen molar-refractivity contribution < 1.29 is 0 Å². The third-order valence-corrected chi connectivity index (χ3v) is 5.18. The Kier molecular flexibility index (Phi) is 4.26. The predicted molar refractivity (Wildman–Crippen MR) is 69.4 cm³/mol. The number of nitrogens with zero attached hydrogens (tertiary/aromatic N) is 1. The molecule has 0 aromatic rings. The molecule has 2 heteroatoms. The largest absolute Gasteiger partial charge is 0.330 e. The minimum Gasteiger partial charge on any atom is -0.330 e. The lowest BCUT2D eigenvalue weighted by Gasteiger charge is -2.47. The number of rotatable bonds is 3. The van der Waals surface area contributed by atoms with E-state index in [0.29, 0.717) is 5.41 Å². The van der Waals surface area contributed by atoms with E-state index in [2.05, 4.69) is 11.8 Å². The van der Waals surface area contributed by atoms with Crippen LogP contribution in [0.5, 0.6) is 0 Å². The Morgan fingerprint density at radius 3 is 2.25 bits per heavy atom. The predicted octanol–water partition coefficient (Wildman–Crippen LogP) is 2.63. The first-order chi connectivity index (χ1) is 7.80. The Morgan fingerprint density at radius 2 is 1.75 bits per heavy atom. The van der Waals surface area contributed by atoms with E-state index in [1.807, 2.05) is 0 Å². The van der Waals surface area contributed by atoms with E-state index in [1.54, 1.807) is 0 Å². The molecule has 2 N–H and O–H groups in total. The van der Waals surface area contributed by atoms with Gasteiger partial charge in [0.1, 0.15) is 0 Å². The van der Waals surface area contributed by atoms with Gasteiger partial charge in [-0.05, 0) is 63.2 Å². The molecule has 0 amide bonds. The smallest absolute Gasteiger partial charge is 0.00130 e. The minimum atomic E-state index is 0.506. The van der Waals surface area contributed by atoms with Crippen LogP contribution < -0.4 is 5.73 Å². The average molecular weight is 224 g/mol. The second-order valence-electron chi connectivity index (χ2n) is 5.84. The first-order valence-corrected chi connectivity index (χ1v) is 7.23. The van der Waals surface area contributed by atoms with Crippen molar-refractivity contribution in [3.8, 4) is 0 Å². The van der Waals surface area contributed by atoms with E-state index in [1.165, 1.54) is 64.6 Å². The van der Waals surface area contributed by atoms with E-state index >= 15 is 0 Å². The van der Waals surface area contributed by atoms with Gasteiger partial charge in [0, 0.05) is 0 Å². The number of hydrogen-bond acceptors (Lipinski definition) is 2. The molecule has 0 aromatic heterocycles. The summed E-state index contributed by atoms with van der Waals surface area (Å²) in [7, 11) is 0. The van der Waals surface area contributed by atoms with Gasteiger partial charge in [0.2, 0.25) is 0 Å². The fourth-order valence-corrected chi connectivity index (χ4v) is 3.81. The van der Waals surface area contributed by atoms with Crippen LogP contribution in [0.3, 0.4) is 0 Å². The summed E-state index contributed by atoms with van der Waals surface area (Å²) in [5.74, 6) is 0.935. The van der Waals surface area contributed by atoms with Gasteiger partial charge in [-0.15, -0.1) is 0 Å². The highest BCUT2D eigenvalue weighted by molar-refractivity contribution is 4.93. The molecule has 0 aromatic carbocycles. The van der Waals surface area contributed by atoms with Crippen LogP contribution in [-0.2, 0) is 0 Å². The van der Waals surface area contributed by atoms with Gasteiger partial charge in [0.25, 0.3) is 0 Å². The third-order valence-electron chi connectivity index (χ3n) is 5.18. The maximum absolute atomic E-state index is 6.14.